The molecule has 0 aliphatic carbocycles. The van der Waals surface area contributed by atoms with Gasteiger partial charge in [0.2, 0.25) is 5.91 Å². The molecule has 1 fully saturated rings. The number of carbonyl (C=O) groups is 2. The van der Waals surface area contributed by atoms with E-state index in [-0.39, 0.29) is 28.7 Å². The minimum Gasteiger partial charge on any atom is -0.368 e. The number of benzene rings is 2. The molecule has 0 saturated carbocycles. The van der Waals surface area contributed by atoms with Crippen molar-refractivity contribution in [1.82, 2.24) is 19.8 Å². The Labute approximate surface area is 194 Å². The van der Waals surface area contributed by atoms with Crippen LogP contribution in [0.15, 0.2) is 47.3 Å². The van der Waals surface area contributed by atoms with E-state index in [1.54, 1.807) is 30.1 Å². The Bertz CT molecular complexity index is 1290. The predicted octanol–water partition coefficient (Wildman–Crippen LogP) is 2.33. The summed E-state index contributed by atoms with van der Waals surface area (Å²) >= 11 is 11.1. The van der Waals surface area contributed by atoms with E-state index in [9.17, 15) is 14.4 Å². The lowest BCUT2D eigenvalue weighted by Gasteiger charge is -2.36. The van der Waals surface area contributed by atoms with Crippen molar-refractivity contribution in [2.24, 2.45) is 7.05 Å². The van der Waals surface area contributed by atoms with Gasteiger partial charge in [-0.2, -0.15) is 0 Å². The molecule has 1 saturated heterocycles. The van der Waals surface area contributed by atoms with Gasteiger partial charge in [-0.3, -0.25) is 19.0 Å². The molecule has 1 aliphatic heterocycles. The molecule has 0 bridgehead atoms. The summed E-state index contributed by atoms with van der Waals surface area (Å²) in [6.45, 7) is 2.48. The number of fused-ring (bicyclic) bond motifs is 1. The van der Waals surface area contributed by atoms with Crippen LogP contribution >= 0.6 is 23.8 Å². The van der Waals surface area contributed by atoms with Crippen LogP contribution in [0.1, 0.15) is 10.4 Å². The maximum absolute atomic E-state index is 12.6. The van der Waals surface area contributed by atoms with Gasteiger partial charge in [0, 0.05) is 49.5 Å². The molecule has 1 aromatic heterocycles. The van der Waals surface area contributed by atoms with E-state index in [0.717, 1.165) is 5.69 Å². The van der Waals surface area contributed by atoms with Crippen LogP contribution in [0.5, 0.6) is 0 Å². The third kappa shape index (κ3) is 4.53. The van der Waals surface area contributed by atoms with Crippen molar-refractivity contribution in [3.63, 3.8) is 0 Å². The van der Waals surface area contributed by atoms with E-state index in [0.29, 0.717) is 47.7 Å². The first kappa shape index (κ1) is 22.0. The van der Waals surface area contributed by atoms with Crippen molar-refractivity contribution in [2.75, 3.05) is 37.6 Å². The van der Waals surface area contributed by atoms with Crippen molar-refractivity contribution in [2.45, 2.75) is 0 Å². The zero-order valence-electron chi connectivity index (χ0n) is 17.4. The Hall–Kier alpha value is -3.17. The normalized spacial score (nSPS) is 13.9. The maximum Gasteiger partial charge on any atom is 0.261 e. The quantitative estimate of drug-likeness (QED) is 0.570. The summed E-state index contributed by atoms with van der Waals surface area (Å²) < 4.78 is 1.61. The molecule has 0 unspecified atom stereocenters. The zero-order valence-corrected chi connectivity index (χ0v) is 19.0. The number of anilines is 1. The molecule has 0 radical (unpaired) electrons. The molecule has 1 aliphatic rings. The molecular weight excluding hydrogens is 450 g/mol. The van der Waals surface area contributed by atoms with Crippen molar-refractivity contribution < 1.29 is 9.59 Å². The van der Waals surface area contributed by atoms with Gasteiger partial charge in [-0.15, -0.1) is 0 Å². The molecule has 2 amide bonds. The fraction of sp³-hybridized carbons (Fsp3) is 0.273. The van der Waals surface area contributed by atoms with Gasteiger partial charge in [0.25, 0.3) is 11.5 Å². The summed E-state index contributed by atoms with van der Waals surface area (Å²) in [4.78, 5) is 44.3. The van der Waals surface area contributed by atoms with Crippen LogP contribution in [-0.2, 0) is 11.8 Å². The summed E-state index contributed by atoms with van der Waals surface area (Å²) in [7, 11) is 1.59. The van der Waals surface area contributed by atoms with Crippen molar-refractivity contribution in [1.29, 1.82) is 0 Å². The lowest BCUT2D eigenvalue weighted by Crippen LogP contribution is -2.51. The summed E-state index contributed by atoms with van der Waals surface area (Å²) in [6.07, 6.45) is 0. The molecule has 8 nitrogen and oxygen atoms in total. The van der Waals surface area contributed by atoms with Crippen LogP contribution in [-0.4, -0.2) is 59.0 Å². The minimum atomic E-state index is -0.389. The summed E-state index contributed by atoms with van der Waals surface area (Å²) in [5, 5.41) is 3.80. The molecule has 3 aromatic rings. The lowest BCUT2D eigenvalue weighted by molar-refractivity contribution is -0.130. The topological polar surface area (TPSA) is 90.4 Å². The van der Waals surface area contributed by atoms with Gasteiger partial charge in [-0.25, -0.2) is 0 Å². The molecule has 2 N–H and O–H groups in total. The number of nitrogens with zero attached hydrogens (tertiary/aromatic N) is 3. The number of rotatable bonds is 4. The van der Waals surface area contributed by atoms with Gasteiger partial charge >= 0.3 is 0 Å². The Morgan fingerprint density at radius 2 is 1.78 bits per heavy atom. The molecule has 166 valence electrons. The number of hydrogen-bond acceptors (Lipinski definition) is 5. The monoisotopic (exact) mass is 471 g/mol. The highest BCUT2D eigenvalue weighted by atomic mass is 35.5. The fourth-order valence-electron chi connectivity index (χ4n) is 3.68. The van der Waals surface area contributed by atoms with Crippen molar-refractivity contribution >= 4 is 52.2 Å². The van der Waals surface area contributed by atoms with E-state index >= 15 is 0 Å². The van der Waals surface area contributed by atoms with Crippen LogP contribution in [0.3, 0.4) is 0 Å². The maximum atomic E-state index is 12.6. The van der Waals surface area contributed by atoms with Crippen molar-refractivity contribution in [3.8, 4) is 0 Å². The van der Waals surface area contributed by atoms with Crippen LogP contribution in [0.25, 0.3) is 10.9 Å². The standard InChI is InChI=1S/C22H22ClN5O3S/c1-26-21(31)17-7-2-14(12-18(17)25-22(26)32)20(30)24-13-19(29)28-10-8-27(9-11-28)16-5-3-15(23)4-6-16/h2-7,12H,8-11,13H2,1H3,(H,24,30)(H,25,32). The number of aromatic nitrogens is 2. The SMILES string of the molecule is Cn1c(=S)[nH]c2cc(C(=O)NCC(=O)N3CCN(c4ccc(Cl)cc4)CC3)ccc2c1=O. The molecule has 2 heterocycles. The van der Waals surface area contributed by atoms with Crippen molar-refractivity contribution in [3.05, 3.63) is 68.2 Å². The summed E-state index contributed by atoms with van der Waals surface area (Å²) in [6, 6.07) is 12.3. The van der Waals surface area contributed by atoms with Gasteiger partial charge in [0.05, 0.1) is 17.4 Å². The molecule has 10 heteroatoms. The second-order valence-corrected chi connectivity index (χ2v) is 8.40. The fourth-order valence-corrected chi connectivity index (χ4v) is 4.00. The highest BCUT2D eigenvalue weighted by molar-refractivity contribution is 7.71. The summed E-state index contributed by atoms with van der Waals surface area (Å²) in [5.74, 6) is -0.525. The Balaban J connectivity index is 1.34. The average Bonchev–Trinajstić information content (AvgIpc) is 2.81. The van der Waals surface area contributed by atoms with Gasteiger partial charge in [-0.1, -0.05) is 11.6 Å². The lowest BCUT2D eigenvalue weighted by atomic mass is 10.1. The molecule has 0 spiro atoms. The number of H-pyrrole nitrogens is 1. The average molecular weight is 472 g/mol. The van der Waals surface area contributed by atoms with E-state index in [1.807, 2.05) is 24.3 Å². The highest BCUT2D eigenvalue weighted by Gasteiger charge is 2.22. The number of halogens is 1. The first-order valence-corrected chi connectivity index (χ1v) is 10.9. The number of carbonyl (C=O) groups excluding carboxylic acids is 2. The molecule has 2 aromatic carbocycles. The van der Waals surface area contributed by atoms with Gasteiger partial charge in [0.15, 0.2) is 4.77 Å². The first-order valence-electron chi connectivity index (χ1n) is 10.1. The van der Waals surface area contributed by atoms with Crippen LogP contribution in [0.4, 0.5) is 5.69 Å². The second kappa shape index (κ2) is 9.13. The summed E-state index contributed by atoms with van der Waals surface area (Å²) in [5.41, 5.74) is 1.66. The zero-order chi connectivity index (χ0) is 22.8. The number of hydrogen-bond donors (Lipinski definition) is 2. The van der Waals surface area contributed by atoms with Gasteiger partial charge in [-0.05, 0) is 54.7 Å². The molecule has 4 rings (SSSR count). The van der Waals surface area contributed by atoms with Gasteiger partial charge in [0.1, 0.15) is 0 Å². The Morgan fingerprint density at radius 3 is 2.47 bits per heavy atom. The van der Waals surface area contributed by atoms with E-state index in [4.69, 9.17) is 23.8 Å². The molecule has 0 atom stereocenters. The van der Waals surface area contributed by atoms with E-state index in [2.05, 4.69) is 15.2 Å². The smallest absolute Gasteiger partial charge is 0.261 e. The minimum absolute atomic E-state index is 0.0929. The third-order valence-corrected chi connectivity index (χ3v) is 6.22. The largest absolute Gasteiger partial charge is 0.368 e. The second-order valence-electron chi connectivity index (χ2n) is 7.58. The predicted molar refractivity (Wildman–Crippen MR) is 127 cm³/mol. The van der Waals surface area contributed by atoms with E-state index < -0.39 is 0 Å². The van der Waals surface area contributed by atoms with Crippen LogP contribution < -0.4 is 15.8 Å². The first-order chi connectivity index (χ1) is 15.3. The van der Waals surface area contributed by atoms with E-state index in [1.165, 1.54) is 4.57 Å². The number of aromatic amines is 1. The third-order valence-electron chi connectivity index (χ3n) is 5.59. The number of amides is 2. The Morgan fingerprint density at radius 1 is 1.09 bits per heavy atom. The van der Waals surface area contributed by atoms with Crippen LogP contribution in [0.2, 0.25) is 5.02 Å². The Kier molecular flexibility index (Phi) is 6.29. The molecule has 32 heavy (non-hydrogen) atoms. The number of piperazine rings is 1. The number of nitrogens with one attached hydrogen (secondary N) is 2. The highest BCUT2D eigenvalue weighted by Crippen LogP contribution is 2.19. The van der Waals surface area contributed by atoms with Crippen LogP contribution in [0, 0.1) is 4.77 Å². The molecular formula is C22H22ClN5O3S. The van der Waals surface area contributed by atoms with Gasteiger partial charge < -0.3 is 20.1 Å².